The Morgan fingerprint density at radius 3 is 2.21 bits per heavy atom. The summed E-state index contributed by atoms with van der Waals surface area (Å²) in [5, 5.41) is 3.33. The molecular formula is C20H25Cl2F3N2O2. The Hall–Kier alpha value is -1.67. The summed E-state index contributed by atoms with van der Waals surface area (Å²) in [6.07, 6.45) is -4.69. The van der Waals surface area contributed by atoms with Crippen molar-refractivity contribution in [2.45, 2.75) is 19.3 Å². The highest BCUT2D eigenvalue weighted by Gasteiger charge is 2.31. The molecule has 162 valence electrons. The van der Waals surface area contributed by atoms with E-state index in [-0.39, 0.29) is 36.6 Å². The minimum Gasteiger partial charge on any atom is -0.494 e. The maximum Gasteiger partial charge on any atom is 0.573 e. The molecule has 4 nitrogen and oxygen atoms in total. The summed E-state index contributed by atoms with van der Waals surface area (Å²) in [7, 11) is 0. The van der Waals surface area contributed by atoms with Crippen molar-refractivity contribution in [1.29, 1.82) is 0 Å². The third-order valence-electron chi connectivity index (χ3n) is 4.46. The first-order valence-corrected chi connectivity index (χ1v) is 9.00. The van der Waals surface area contributed by atoms with Crippen molar-refractivity contribution >= 4 is 24.8 Å². The average molecular weight is 453 g/mol. The van der Waals surface area contributed by atoms with Crippen molar-refractivity contribution in [3.05, 3.63) is 59.7 Å². The van der Waals surface area contributed by atoms with Gasteiger partial charge in [0.05, 0.1) is 12.6 Å². The van der Waals surface area contributed by atoms with Gasteiger partial charge in [-0.15, -0.1) is 38.0 Å². The maximum atomic E-state index is 12.4. The lowest BCUT2D eigenvalue weighted by molar-refractivity contribution is -0.274. The van der Waals surface area contributed by atoms with E-state index in [1.165, 1.54) is 12.1 Å². The number of alkyl halides is 3. The molecule has 29 heavy (non-hydrogen) atoms. The Morgan fingerprint density at radius 2 is 1.62 bits per heavy atom. The standard InChI is InChI=1S/C20H23F3N2O2.2ClH/c1-2-26-18-6-4-3-5-17(18)19(25-13-11-24-12-14-25)15-7-9-16(10-8-15)27-20(21,22)23;;/h3-10,19,24H,2,11-14H2,1H3;2*1H/t19-;;/m0../s1. The van der Waals surface area contributed by atoms with Crippen LogP contribution in [0.4, 0.5) is 13.2 Å². The van der Waals surface area contributed by atoms with E-state index in [0.29, 0.717) is 6.61 Å². The number of nitrogens with one attached hydrogen (secondary N) is 1. The van der Waals surface area contributed by atoms with Gasteiger partial charge in [-0.1, -0.05) is 30.3 Å². The second-order valence-corrected chi connectivity index (χ2v) is 6.28. The summed E-state index contributed by atoms with van der Waals surface area (Å²) in [6, 6.07) is 13.8. The van der Waals surface area contributed by atoms with Gasteiger partial charge < -0.3 is 14.8 Å². The van der Waals surface area contributed by atoms with Crippen LogP contribution in [0.25, 0.3) is 0 Å². The van der Waals surface area contributed by atoms with E-state index >= 15 is 0 Å². The number of ether oxygens (including phenoxy) is 2. The smallest absolute Gasteiger partial charge is 0.494 e. The van der Waals surface area contributed by atoms with Crippen LogP contribution in [0.1, 0.15) is 24.1 Å². The van der Waals surface area contributed by atoms with Crippen molar-refractivity contribution in [1.82, 2.24) is 10.2 Å². The topological polar surface area (TPSA) is 33.7 Å². The number of halogens is 5. The van der Waals surface area contributed by atoms with Crippen molar-refractivity contribution < 1.29 is 22.6 Å². The number of rotatable bonds is 6. The quantitative estimate of drug-likeness (QED) is 0.680. The summed E-state index contributed by atoms with van der Waals surface area (Å²) in [5.74, 6) is 0.572. The number of hydrogen-bond acceptors (Lipinski definition) is 4. The molecule has 1 aliphatic heterocycles. The Labute approximate surface area is 181 Å². The molecule has 1 atom stereocenters. The normalized spacial score (nSPS) is 15.6. The molecule has 0 amide bonds. The maximum absolute atomic E-state index is 12.4. The number of nitrogens with zero attached hydrogens (tertiary/aromatic N) is 1. The lowest BCUT2D eigenvalue weighted by Crippen LogP contribution is -2.45. The van der Waals surface area contributed by atoms with E-state index in [0.717, 1.165) is 43.1 Å². The molecule has 0 spiro atoms. The van der Waals surface area contributed by atoms with Crippen LogP contribution in [0.3, 0.4) is 0 Å². The monoisotopic (exact) mass is 452 g/mol. The Balaban J connectivity index is 0.00000210. The second-order valence-electron chi connectivity index (χ2n) is 6.28. The summed E-state index contributed by atoms with van der Waals surface area (Å²) in [6.45, 7) is 5.88. The van der Waals surface area contributed by atoms with Crippen molar-refractivity contribution in [2.24, 2.45) is 0 Å². The molecule has 0 saturated carbocycles. The molecule has 0 bridgehead atoms. The first-order chi connectivity index (χ1) is 13.0. The third-order valence-corrected chi connectivity index (χ3v) is 4.46. The summed E-state index contributed by atoms with van der Waals surface area (Å²) < 4.78 is 47.1. The van der Waals surface area contributed by atoms with Crippen molar-refractivity contribution in [3.8, 4) is 11.5 Å². The number of para-hydroxylation sites is 1. The van der Waals surface area contributed by atoms with Crippen LogP contribution < -0.4 is 14.8 Å². The molecule has 0 unspecified atom stereocenters. The largest absolute Gasteiger partial charge is 0.573 e. The van der Waals surface area contributed by atoms with Gasteiger partial charge in [0.2, 0.25) is 0 Å². The van der Waals surface area contributed by atoms with Crippen molar-refractivity contribution in [2.75, 3.05) is 32.8 Å². The van der Waals surface area contributed by atoms with Crippen molar-refractivity contribution in [3.63, 3.8) is 0 Å². The zero-order chi connectivity index (χ0) is 19.3. The van der Waals surface area contributed by atoms with Gasteiger partial charge in [0.15, 0.2) is 0 Å². The Morgan fingerprint density at radius 1 is 1.00 bits per heavy atom. The molecule has 2 aromatic rings. The fourth-order valence-electron chi connectivity index (χ4n) is 3.37. The Kier molecular flexibility index (Phi) is 10.1. The fraction of sp³-hybridized carbons (Fsp3) is 0.400. The summed E-state index contributed by atoms with van der Waals surface area (Å²) >= 11 is 0. The molecule has 1 saturated heterocycles. The van der Waals surface area contributed by atoms with Gasteiger partial charge in [0, 0.05) is 31.7 Å². The zero-order valence-corrected chi connectivity index (χ0v) is 17.6. The van der Waals surface area contributed by atoms with E-state index in [1.54, 1.807) is 12.1 Å². The minimum absolute atomic E-state index is 0. The SMILES string of the molecule is CCOc1ccccc1[C@H](c1ccc(OC(F)(F)F)cc1)N1CCNCC1.Cl.Cl. The van der Waals surface area contributed by atoms with Crippen LogP contribution in [0.2, 0.25) is 0 Å². The minimum atomic E-state index is -4.69. The second kappa shape index (κ2) is 11.5. The molecular weight excluding hydrogens is 428 g/mol. The van der Waals surface area contributed by atoms with Crippen LogP contribution in [-0.4, -0.2) is 44.0 Å². The van der Waals surface area contributed by atoms with Gasteiger partial charge in [-0.25, -0.2) is 0 Å². The van der Waals surface area contributed by atoms with Gasteiger partial charge in [-0.2, -0.15) is 0 Å². The molecule has 1 aliphatic rings. The van der Waals surface area contributed by atoms with Crippen LogP contribution in [0, 0.1) is 0 Å². The van der Waals surface area contributed by atoms with Gasteiger partial charge in [0.25, 0.3) is 0 Å². The molecule has 0 aliphatic carbocycles. The number of hydrogen-bond donors (Lipinski definition) is 1. The highest BCUT2D eigenvalue weighted by Crippen LogP contribution is 2.36. The predicted octanol–water partition coefficient (Wildman–Crippen LogP) is 4.82. The highest BCUT2D eigenvalue weighted by atomic mass is 35.5. The fourth-order valence-corrected chi connectivity index (χ4v) is 3.37. The first kappa shape index (κ1) is 25.4. The molecule has 9 heteroatoms. The number of piperazine rings is 1. The predicted molar refractivity (Wildman–Crippen MR) is 112 cm³/mol. The first-order valence-electron chi connectivity index (χ1n) is 9.00. The molecule has 3 rings (SSSR count). The highest BCUT2D eigenvalue weighted by molar-refractivity contribution is 5.85. The van der Waals surface area contributed by atoms with Crippen LogP contribution in [0.5, 0.6) is 11.5 Å². The lowest BCUT2D eigenvalue weighted by atomic mass is 9.95. The molecule has 1 fully saturated rings. The van der Waals surface area contributed by atoms with E-state index in [9.17, 15) is 13.2 Å². The van der Waals surface area contributed by atoms with Crippen LogP contribution in [-0.2, 0) is 0 Å². The molecule has 1 heterocycles. The van der Waals surface area contributed by atoms with Gasteiger partial charge >= 0.3 is 6.36 Å². The van der Waals surface area contributed by atoms with Gasteiger partial charge in [-0.3, -0.25) is 4.90 Å². The molecule has 1 N–H and O–H groups in total. The average Bonchev–Trinajstić information content (AvgIpc) is 2.65. The van der Waals surface area contributed by atoms with E-state index < -0.39 is 6.36 Å². The molecule has 0 radical (unpaired) electrons. The lowest BCUT2D eigenvalue weighted by Gasteiger charge is -2.36. The third kappa shape index (κ3) is 6.96. The van der Waals surface area contributed by atoms with Crippen LogP contribution in [0.15, 0.2) is 48.5 Å². The van der Waals surface area contributed by atoms with Gasteiger partial charge in [-0.05, 0) is 30.7 Å². The molecule has 0 aromatic heterocycles. The van der Waals surface area contributed by atoms with Crippen LogP contribution >= 0.6 is 24.8 Å². The summed E-state index contributed by atoms with van der Waals surface area (Å²) in [5.41, 5.74) is 1.91. The summed E-state index contributed by atoms with van der Waals surface area (Å²) in [4.78, 5) is 2.31. The Bertz CT molecular complexity index is 739. The van der Waals surface area contributed by atoms with E-state index in [2.05, 4.69) is 15.0 Å². The van der Waals surface area contributed by atoms with Gasteiger partial charge in [0.1, 0.15) is 11.5 Å². The van der Waals surface area contributed by atoms with E-state index in [4.69, 9.17) is 4.74 Å². The zero-order valence-electron chi connectivity index (χ0n) is 15.9. The molecule has 2 aromatic carbocycles. The van der Waals surface area contributed by atoms with E-state index in [1.807, 2.05) is 31.2 Å². The number of benzene rings is 2.